The minimum absolute atomic E-state index is 0.0260. The van der Waals surface area contributed by atoms with Crippen LogP contribution < -0.4 is 40.2 Å². The second-order valence-electron chi connectivity index (χ2n) is 7.80. The van der Waals surface area contributed by atoms with E-state index >= 15 is 0 Å². The zero-order valence-corrected chi connectivity index (χ0v) is 26.9. The molecule has 0 saturated heterocycles. The smallest absolute Gasteiger partial charge is 0.357 e. The van der Waals surface area contributed by atoms with Gasteiger partial charge in [-0.25, -0.2) is 9.59 Å². The highest BCUT2D eigenvalue weighted by atomic mass is 127. The number of ether oxygens (including phenoxy) is 4. The van der Waals surface area contributed by atoms with E-state index in [9.17, 15) is 19.8 Å². The molecule has 0 heterocycles. The molecule has 0 bridgehead atoms. The topological polar surface area (TPSA) is 112 Å². The van der Waals surface area contributed by atoms with Crippen LogP contribution in [0.4, 0.5) is 0 Å². The van der Waals surface area contributed by atoms with Gasteiger partial charge in [0.15, 0.2) is 30.1 Å². The standard InChI is InChI=1S/C28H19I3O8/c1-36-23-13-15(11-21(29)25(23)32)27(34)38-19-7-3-17(4-8-19)31-18-5-9-20(10-6-18)39-28(35)16-12-22(30)26(33)24(14-16)37-2/h3-14H,1-2H3,(H-,32,33,34,35)/p+1. The summed E-state index contributed by atoms with van der Waals surface area (Å²) in [6.45, 7) is 0. The van der Waals surface area contributed by atoms with Crippen molar-refractivity contribution in [2.45, 2.75) is 0 Å². The Bertz CT molecular complexity index is 1400. The normalized spacial score (nSPS) is 10.6. The third-order valence-electron chi connectivity index (χ3n) is 5.23. The van der Waals surface area contributed by atoms with Crippen molar-refractivity contribution in [3.63, 3.8) is 0 Å². The molecule has 0 atom stereocenters. The van der Waals surface area contributed by atoms with Crippen LogP contribution in [0.1, 0.15) is 20.7 Å². The highest BCUT2D eigenvalue weighted by Gasteiger charge is 2.20. The van der Waals surface area contributed by atoms with Gasteiger partial charge in [-0.1, -0.05) is 0 Å². The molecular formula is C28H20I3O8+. The second kappa shape index (κ2) is 13.0. The summed E-state index contributed by atoms with van der Waals surface area (Å²) in [5, 5.41) is 19.9. The fourth-order valence-electron chi connectivity index (χ4n) is 3.28. The fourth-order valence-corrected chi connectivity index (χ4v) is 6.64. The van der Waals surface area contributed by atoms with Gasteiger partial charge in [-0.2, -0.15) is 0 Å². The van der Waals surface area contributed by atoms with Crippen LogP contribution in [0.2, 0.25) is 0 Å². The molecular weight excluding hydrogens is 845 g/mol. The molecule has 4 aromatic carbocycles. The quantitative estimate of drug-likeness (QED) is 0.158. The fraction of sp³-hybridized carbons (Fsp3) is 0.0714. The molecule has 0 fully saturated rings. The summed E-state index contributed by atoms with van der Waals surface area (Å²) in [6, 6.07) is 20.5. The van der Waals surface area contributed by atoms with E-state index in [0.717, 1.165) is 7.14 Å². The lowest BCUT2D eigenvalue weighted by Gasteiger charge is -2.09. The van der Waals surface area contributed by atoms with Gasteiger partial charge in [0.25, 0.3) is 0 Å². The number of methoxy groups -OCH3 is 2. The van der Waals surface area contributed by atoms with Crippen LogP contribution in [0.5, 0.6) is 34.5 Å². The van der Waals surface area contributed by atoms with Crippen LogP contribution in [0, 0.1) is 14.3 Å². The van der Waals surface area contributed by atoms with Gasteiger partial charge in [0.1, 0.15) is 11.5 Å². The Labute approximate surface area is 261 Å². The molecule has 0 aliphatic heterocycles. The number of benzene rings is 4. The van der Waals surface area contributed by atoms with Gasteiger partial charge in [0.2, 0.25) is 0 Å². The number of phenols is 2. The summed E-state index contributed by atoms with van der Waals surface area (Å²) in [6.07, 6.45) is 0. The molecule has 4 rings (SSSR count). The van der Waals surface area contributed by atoms with Crippen molar-refractivity contribution in [1.82, 2.24) is 0 Å². The van der Waals surface area contributed by atoms with Crippen LogP contribution in [0.25, 0.3) is 0 Å². The summed E-state index contributed by atoms with van der Waals surface area (Å²) in [7, 11) is 2.83. The third-order valence-corrected chi connectivity index (χ3v) is 9.56. The lowest BCUT2D eigenvalue weighted by Crippen LogP contribution is -3.61. The zero-order chi connectivity index (χ0) is 28.1. The number of halogens is 3. The molecule has 0 amide bonds. The third kappa shape index (κ3) is 7.25. The van der Waals surface area contributed by atoms with Gasteiger partial charge in [0, 0.05) is 0 Å². The Balaban J connectivity index is 1.36. The van der Waals surface area contributed by atoms with E-state index in [0.29, 0.717) is 18.6 Å². The van der Waals surface area contributed by atoms with E-state index in [-0.39, 0.29) is 34.1 Å². The van der Waals surface area contributed by atoms with Crippen LogP contribution >= 0.6 is 45.2 Å². The summed E-state index contributed by atoms with van der Waals surface area (Å²) in [5.41, 5.74) is 0.538. The maximum Gasteiger partial charge on any atom is 0.357 e. The van der Waals surface area contributed by atoms with Gasteiger partial charge in [-0.3, -0.25) is 0 Å². The Morgan fingerprint density at radius 3 is 1.33 bits per heavy atom. The lowest BCUT2D eigenvalue weighted by molar-refractivity contribution is -0.597. The number of hydrogen-bond donors (Lipinski definition) is 2. The van der Waals surface area contributed by atoms with Crippen molar-refractivity contribution >= 4 is 57.1 Å². The first-order chi connectivity index (χ1) is 18.7. The number of hydrogen-bond acceptors (Lipinski definition) is 8. The second-order valence-corrected chi connectivity index (χ2v) is 13.2. The number of carbonyl (C=O) groups excluding carboxylic acids is 2. The predicted molar refractivity (Wildman–Crippen MR) is 155 cm³/mol. The van der Waals surface area contributed by atoms with E-state index < -0.39 is 33.1 Å². The molecule has 11 heteroatoms. The van der Waals surface area contributed by atoms with Crippen molar-refractivity contribution < 1.29 is 60.0 Å². The molecule has 0 radical (unpaired) electrons. The molecule has 0 aromatic heterocycles. The monoisotopic (exact) mass is 865 g/mol. The van der Waals surface area contributed by atoms with Crippen molar-refractivity contribution in [3.05, 3.63) is 98.2 Å². The van der Waals surface area contributed by atoms with Gasteiger partial charge < -0.3 is 29.2 Å². The maximum absolute atomic E-state index is 12.6. The molecule has 0 saturated carbocycles. The van der Waals surface area contributed by atoms with Crippen molar-refractivity contribution in [1.29, 1.82) is 0 Å². The highest BCUT2D eigenvalue weighted by molar-refractivity contribution is 14.1. The van der Waals surface area contributed by atoms with Gasteiger partial charge in [-0.05, 0) is 118 Å². The first-order valence-electron chi connectivity index (χ1n) is 11.1. The first kappa shape index (κ1) is 29.2. The number of esters is 2. The van der Waals surface area contributed by atoms with Crippen LogP contribution in [0.15, 0.2) is 72.8 Å². The Kier molecular flexibility index (Phi) is 9.76. The largest absolute Gasteiger partial charge is 0.504 e. The predicted octanol–water partition coefficient (Wildman–Crippen LogP) is 2.89. The van der Waals surface area contributed by atoms with E-state index in [2.05, 4.69) is 0 Å². The summed E-state index contributed by atoms with van der Waals surface area (Å²) < 4.78 is 24.3. The highest BCUT2D eigenvalue weighted by Crippen LogP contribution is 2.33. The zero-order valence-electron chi connectivity index (χ0n) is 20.4. The average molecular weight is 865 g/mol. The SMILES string of the molecule is COc1cc(C(=O)Oc2ccc([I+]c3ccc(OC(=O)c4cc(I)c(O)c(OC)c4)cc3)cc2)cc(I)c1O. The van der Waals surface area contributed by atoms with Gasteiger partial charge >= 0.3 is 33.1 Å². The molecule has 0 aliphatic rings. The summed E-state index contributed by atoms with van der Waals surface area (Å²) >= 11 is 3.31. The molecule has 0 aliphatic carbocycles. The Morgan fingerprint density at radius 2 is 1.00 bits per heavy atom. The van der Waals surface area contributed by atoms with E-state index in [1.807, 2.05) is 69.4 Å². The maximum atomic E-state index is 12.6. The van der Waals surface area contributed by atoms with Gasteiger partial charge in [0.05, 0.1) is 32.5 Å². The molecule has 4 aromatic rings. The van der Waals surface area contributed by atoms with Crippen molar-refractivity contribution in [3.8, 4) is 34.5 Å². The molecule has 0 unspecified atom stereocenters. The summed E-state index contributed by atoms with van der Waals surface area (Å²) in [5.74, 6) is 0.0349. The molecule has 8 nitrogen and oxygen atoms in total. The van der Waals surface area contributed by atoms with Crippen LogP contribution in [-0.4, -0.2) is 36.4 Å². The first-order valence-corrected chi connectivity index (χ1v) is 15.4. The number of rotatable bonds is 8. The minimum Gasteiger partial charge on any atom is -0.504 e. The van der Waals surface area contributed by atoms with E-state index in [4.69, 9.17) is 18.9 Å². The van der Waals surface area contributed by atoms with Crippen molar-refractivity contribution in [2.24, 2.45) is 0 Å². The number of carbonyl (C=O) groups is 2. The van der Waals surface area contributed by atoms with Crippen LogP contribution in [0.3, 0.4) is 0 Å². The Hall–Kier alpha value is -2.79. The average Bonchev–Trinajstić information content (AvgIpc) is 2.93. The van der Waals surface area contributed by atoms with Gasteiger partial charge in [-0.15, -0.1) is 0 Å². The molecule has 2 N–H and O–H groups in total. The number of phenolic OH excluding ortho intramolecular Hbond substituents is 2. The van der Waals surface area contributed by atoms with Crippen LogP contribution in [-0.2, 0) is 0 Å². The lowest BCUT2D eigenvalue weighted by atomic mass is 10.2. The molecule has 39 heavy (non-hydrogen) atoms. The molecule has 200 valence electrons. The van der Waals surface area contributed by atoms with E-state index in [1.54, 1.807) is 24.3 Å². The molecule has 0 spiro atoms. The summed E-state index contributed by atoms with van der Waals surface area (Å²) in [4.78, 5) is 25.1. The Morgan fingerprint density at radius 1 is 0.641 bits per heavy atom. The number of aromatic hydroxyl groups is 2. The minimum atomic E-state index is -0.556. The van der Waals surface area contributed by atoms with E-state index in [1.165, 1.54) is 38.5 Å². The van der Waals surface area contributed by atoms with Crippen molar-refractivity contribution in [2.75, 3.05) is 14.2 Å².